The zero-order valence-corrected chi connectivity index (χ0v) is 14.5. The number of hydrogen-bond donors (Lipinski definition) is 1. The maximum Gasteiger partial charge on any atom is 0.237 e. The highest BCUT2D eigenvalue weighted by Gasteiger charge is 2.20. The Morgan fingerprint density at radius 2 is 1.76 bits per heavy atom. The van der Waals surface area contributed by atoms with E-state index in [1.54, 1.807) is 24.3 Å². The third kappa shape index (κ3) is 5.19. The molecule has 0 radical (unpaired) electrons. The lowest BCUT2D eigenvalue weighted by Crippen LogP contribution is -2.38. The number of nitrogens with one attached hydrogen (secondary N) is 1. The fourth-order valence-electron chi connectivity index (χ4n) is 2.71. The first-order chi connectivity index (χ1) is 12.0. The van der Waals surface area contributed by atoms with Crippen LogP contribution in [0.2, 0.25) is 0 Å². The van der Waals surface area contributed by atoms with Crippen molar-refractivity contribution in [3.05, 3.63) is 70.8 Å². The molecule has 0 saturated heterocycles. The Kier molecular flexibility index (Phi) is 6.32. The predicted molar refractivity (Wildman–Crippen MR) is 96.5 cm³/mol. The summed E-state index contributed by atoms with van der Waals surface area (Å²) in [5.41, 5.74) is 3.81. The third-order valence-corrected chi connectivity index (χ3v) is 4.17. The van der Waals surface area contributed by atoms with Crippen LogP contribution in [-0.2, 0) is 17.6 Å². The average molecular weight is 331 g/mol. The molecule has 1 N–H and O–H groups in total. The summed E-state index contributed by atoms with van der Waals surface area (Å²) in [5, 5.41) is 21.1. The molecule has 0 spiro atoms. The summed E-state index contributed by atoms with van der Waals surface area (Å²) < 4.78 is 0. The number of hydrogen-bond acceptors (Lipinski definition) is 3. The van der Waals surface area contributed by atoms with E-state index >= 15 is 0 Å². The molecular weight excluding hydrogens is 310 g/mol. The Bertz CT molecular complexity index is 812. The molecule has 126 valence electrons. The van der Waals surface area contributed by atoms with Crippen LogP contribution in [0, 0.1) is 35.5 Å². The van der Waals surface area contributed by atoms with Gasteiger partial charge in [-0.25, -0.2) is 0 Å². The van der Waals surface area contributed by atoms with Gasteiger partial charge in [0.05, 0.1) is 17.7 Å². The minimum atomic E-state index is -0.743. The van der Waals surface area contributed by atoms with Crippen molar-refractivity contribution in [1.82, 2.24) is 5.32 Å². The molecule has 25 heavy (non-hydrogen) atoms. The molecule has 0 aliphatic rings. The summed E-state index contributed by atoms with van der Waals surface area (Å²) in [4.78, 5) is 12.4. The minimum Gasteiger partial charge on any atom is -0.352 e. The van der Waals surface area contributed by atoms with Crippen LogP contribution in [0.3, 0.4) is 0 Å². The number of rotatable bonds is 6. The van der Waals surface area contributed by atoms with Gasteiger partial charge in [-0.05, 0) is 55.5 Å². The van der Waals surface area contributed by atoms with E-state index in [1.807, 2.05) is 32.0 Å². The second-order valence-corrected chi connectivity index (χ2v) is 6.23. The van der Waals surface area contributed by atoms with Crippen molar-refractivity contribution in [1.29, 1.82) is 10.5 Å². The van der Waals surface area contributed by atoms with Crippen LogP contribution in [0.25, 0.3) is 0 Å². The van der Waals surface area contributed by atoms with Gasteiger partial charge in [0.1, 0.15) is 5.92 Å². The molecule has 0 aromatic heterocycles. The fourth-order valence-corrected chi connectivity index (χ4v) is 2.71. The minimum absolute atomic E-state index is 0.0505. The quantitative estimate of drug-likeness (QED) is 0.882. The summed E-state index contributed by atoms with van der Waals surface area (Å²) in [6.07, 6.45) is 1.07. The SMILES string of the molecule is Cc1ccccc1C[C@@H](C)NC(=O)[C@@H](C#N)Cc1ccc(C#N)cc1. The monoisotopic (exact) mass is 331 g/mol. The van der Waals surface area contributed by atoms with Gasteiger partial charge in [-0.15, -0.1) is 0 Å². The van der Waals surface area contributed by atoms with E-state index in [4.69, 9.17) is 5.26 Å². The van der Waals surface area contributed by atoms with Crippen molar-refractivity contribution in [2.45, 2.75) is 32.7 Å². The van der Waals surface area contributed by atoms with Crippen LogP contribution in [0.4, 0.5) is 0 Å². The van der Waals surface area contributed by atoms with Crippen molar-refractivity contribution in [2.75, 3.05) is 0 Å². The average Bonchev–Trinajstić information content (AvgIpc) is 2.62. The maximum absolute atomic E-state index is 12.4. The Balaban J connectivity index is 1.96. The van der Waals surface area contributed by atoms with Crippen molar-refractivity contribution in [3.63, 3.8) is 0 Å². The number of nitriles is 2. The van der Waals surface area contributed by atoms with E-state index in [-0.39, 0.29) is 11.9 Å². The molecule has 4 nitrogen and oxygen atoms in total. The highest BCUT2D eigenvalue weighted by Crippen LogP contribution is 2.12. The van der Waals surface area contributed by atoms with Gasteiger partial charge in [-0.2, -0.15) is 10.5 Å². The topological polar surface area (TPSA) is 76.7 Å². The normalized spacial score (nSPS) is 12.5. The summed E-state index contributed by atoms with van der Waals surface area (Å²) in [6, 6.07) is 19.1. The van der Waals surface area contributed by atoms with Gasteiger partial charge in [-0.3, -0.25) is 4.79 Å². The fraction of sp³-hybridized carbons (Fsp3) is 0.286. The highest BCUT2D eigenvalue weighted by molar-refractivity contribution is 5.81. The van der Waals surface area contributed by atoms with E-state index in [2.05, 4.69) is 23.5 Å². The van der Waals surface area contributed by atoms with E-state index in [0.717, 1.165) is 12.0 Å². The smallest absolute Gasteiger partial charge is 0.237 e. The molecule has 0 heterocycles. The lowest BCUT2D eigenvalue weighted by Gasteiger charge is -2.17. The number of aryl methyl sites for hydroxylation is 1. The molecule has 2 rings (SSSR count). The zero-order chi connectivity index (χ0) is 18.2. The number of carbonyl (C=O) groups is 1. The Hall–Kier alpha value is -3.11. The predicted octanol–water partition coefficient (Wildman–Crippen LogP) is 3.30. The van der Waals surface area contributed by atoms with Gasteiger partial charge in [0.25, 0.3) is 0 Å². The highest BCUT2D eigenvalue weighted by atomic mass is 16.1. The molecule has 0 fully saturated rings. The van der Waals surface area contributed by atoms with E-state index in [9.17, 15) is 10.1 Å². The van der Waals surface area contributed by atoms with Crippen molar-refractivity contribution in [2.24, 2.45) is 5.92 Å². The molecular formula is C21H21N3O. The number of carbonyl (C=O) groups excluding carboxylic acids is 1. The lowest BCUT2D eigenvalue weighted by atomic mass is 9.97. The molecule has 0 bridgehead atoms. The van der Waals surface area contributed by atoms with Crippen LogP contribution in [0.15, 0.2) is 48.5 Å². The Morgan fingerprint density at radius 3 is 2.36 bits per heavy atom. The number of amides is 1. The summed E-state index contributed by atoms with van der Waals surface area (Å²) in [7, 11) is 0. The van der Waals surface area contributed by atoms with Crippen LogP contribution in [0.1, 0.15) is 29.2 Å². The number of benzene rings is 2. The molecule has 0 aliphatic heterocycles. The molecule has 0 aliphatic carbocycles. The van der Waals surface area contributed by atoms with Gasteiger partial charge < -0.3 is 5.32 Å². The van der Waals surface area contributed by atoms with Crippen molar-refractivity contribution >= 4 is 5.91 Å². The van der Waals surface area contributed by atoms with Gasteiger partial charge in [0.2, 0.25) is 5.91 Å². The molecule has 0 saturated carbocycles. The van der Waals surface area contributed by atoms with Gasteiger partial charge in [-0.1, -0.05) is 36.4 Å². The Labute approximate surface area is 148 Å². The van der Waals surface area contributed by atoms with E-state index in [1.165, 1.54) is 11.1 Å². The molecule has 0 unspecified atom stereocenters. The summed E-state index contributed by atoms with van der Waals surface area (Å²) in [6.45, 7) is 3.99. The van der Waals surface area contributed by atoms with Crippen molar-refractivity contribution < 1.29 is 4.79 Å². The second kappa shape index (κ2) is 8.66. The van der Waals surface area contributed by atoms with Crippen LogP contribution >= 0.6 is 0 Å². The number of nitrogens with zero attached hydrogens (tertiary/aromatic N) is 2. The second-order valence-electron chi connectivity index (χ2n) is 6.23. The molecule has 2 aromatic carbocycles. The summed E-state index contributed by atoms with van der Waals surface area (Å²) >= 11 is 0. The maximum atomic E-state index is 12.4. The van der Waals surface area contributed by atoms with Crippen molar-refractivity contribution in [3.8, 4) is 12.1 Å². The van der Waals surface area contributed by atoms with Gasteiger partial charge in [0.15, 0.2) is 0 Å². The van der Waals surface area contributed by atoms with E-state index in [0.29, 0.717) is 12.0 Å². The molecule has 4 heteroatoms. The molecule has 2 aromatic rings. The first-order valence-corrected chi connectivity index (χ1v) is 8.27. The van der Waals surface area contributed by atoms with E-state index < -0.39 is 5.92 Å². The molecule has 2 atom stereocenters. The van der Waals surface area contributed by atoms with Crippen LogP contribution in [0.5, 0.6) is 0 Å². The first kappa shape index (κ1) is 18.2. The standard InChI is InChI=1S/C21H21N3O/c1-15-5-3-4-6-19(15)11-16(2)24-21(25)20(14-23)12-17-7-9-18(13-22)10-8-17/h3-10,16,20H,11-12H2,1-2H3,(H,24,25)/t16-,20-/m1/s1. The summed E-state index contributed by atoms with van der Waals surface area (Å²) in [5.74, 6) is -1.000. The van der Waals surface area contributed by atoms with Crippen LogP contribution in [-0.4, -0.2) is 11.9 Å². The zero-order valence-electron chi connectivity index (χ0n) is 14.5. The van der Waals surface area contributed by atoms with Crippen LogP contribution < -0.4 is 5.32 Å². The Morgan fingerprint density at radius 1 is 1.08 bits per heavy atom. The first-order valence-electron chi connectivity index (χ1n) is 8.27. The van der Waals surface area contributed by atoms with Gasteiger partial charge >= 0.3 is 0 Å². The largest absolute Gasteiger partial charge is 0.352 e. The lowest BCUT2D eigenvalue weighted by molar-refractivity contribution is -0.123. The molecule has 1 amide bonds. The third-order valence-electron chi connectivity index (χ3n) is 4.17. The van der Waals surface area contributed by atoms with Gasteiger partial charge in [0, 0.05) is 6.04 Å².